The molecule has 0 aromatic heterocycles. The number of piperazine rings is 1. The molecule has 2 rings (SSSR count). The topological polar surface area (TPSA) is 49.6 Å². The summed E-state index contributed by atoms with van der Waals surface area (Å²) in [4.78, 5) is 16.6. The first-order valence-corrected chi connectivity index (χ1v) is 6.43. The molecular formula is C13H18ClN3O. The van der Waals surface area contributed by atoms with Gasteiger partial charge in [-0.25, -0.2) is 0 Å². The minimum Gasteiger partial charge on any atom is -0.398 e. The Morgan fingerprint density at radius 1 is 1.33 bits per heavy atom. The van der Waals surface area contributed by atoms with Crippen LogP contribution in [0.25, 0.3) is 0 Å². The number of anilines is 1. The molecule has 1 aliphatic rings. The van der Waals surface area contributed by atoms with Crippen LogP contribution in [0, 0.1) is 0 Å². The van der Waals surface area contributed by atoms with Crippen LogP contribution in [0.3, 0.4) is 0 Å². The highest BCUT2D eigenvalue weighted by Crippen LogP contribution is 2.18. The zero-order chi connectivity index (χ0) is 13.1. The van der Waals surface area contributed by atoms with E-state index in [9.17, 15) is 4.79 Å². The molecular weight excluding hydrogens is 250 g/mol. The quantitative estimate of drug-likeness (QED) is 0.664. The van der Waals surface area contributed by atoms with E-state index in [0.29, 0.717) is 22.8 Å². The van der Waals surface area contributed by atoms with Crippen LogP contribution in [0.4, 0.5) is 5.69 Å². The van der Waals surface area contributed by atoms with Gasteiger partial charge in [-0.05, 0) is 25.2 Å². The first-order valence-electron chi connectivity index (χ1n) is 6.05. The molecule has 5 heteroatoms. The van der Waals surface area contributed by atoms with Crippen molar-refractivity contribution >= 4 is 23.1 Å². The molecule has 0 aliphatic carbocycles. The second-order valence-electron chi connectivity index (χ2n) is 4.73. The van der Waals surface area contributed by atoms with Crippen molar-refractivity contribution in [1.29, 1.82) is 0 Å². The van der Waals surface area contributed by atoms with E-state index in [4.69, 9.17) is 17.3 Å². The molecule has 1 saturated heterocycles. The minimum absolute atomic E-state index is 0.0413. The Labute approximate surface area is 112 Å². The van der Waals surface area contributed by atoms with Crippen LogP contribution < -0.4 is 5.73 Å². The number of nitrogens with zero attached hydrogens (tertiary/aromatic N) is 2. The average Bonchev–Trinajstić information content (AvgIpc) is 2.35. The predicted octanol–water partition coefficient (Wildman–Crippen LogP) is 1.35. The van der Waals surface area contributed by atoms with Crippen LogP contribution in [0.1, 0.15) is 10.4 Å². The fourth-order valence-corrected chi connectivity index (χ4v) is 2.24. The summed E-state index contributed by atoms with van der Waals surface area (Å²) in [7, 11) is 2.09. The Bertz CT molecular complexity index is 442. The number of hydrogen-bond acceptors (Lipinski definition) is 4. The summed E-state index contributed by atoms with van der Waals surface area (Å²) in [5.74, 6) is 0.0413. The highest BCUT2D eigenvalue weighted by molar-refractivity contribution is 6.31. The van der Waals surface area contributed by atoms with Gasteiger partial charge in [-0.1, -0.05) is 11.6 Å². The lowest BCUT2D eigenvalue weighted by Gasteiger charge is -2.31. The third kappa shape index (κ3) is 3.22. The molecule has 0 bridgehead atoms. The van der Waals surface area contributed by atoms with Crippen LogP contribution in [-0.4, -0.2) is 55.4 Å². The molecule has 1 fully saturated rings. The predicted molar refractivity (Wildman–Crippen MR) is 74.1 cm³/mol. The van der Waals surface area contributed by atoms with Gasteiger partial charge >= 0.3 is 0 Å². The van der Waals surface area contributed by atoms with Crippen molar-refractivity contribution in [3.05, 3.63) is 28.8 Å². The normalized spacial score (nSPS) is 17.9. The molecule has 0 spiro atoms. The van der Waals surface area contributed by atoms with Crippen molar-refractivity contribution < 1.29 is 4.79 Å². The van der Waals surface area contributed by atoms with Gasteiger partial charge in [0.25, 0.3) is 0 Å². The molecule has 0 unspecified atom stereocenters. The number of nitrogen functional groups attached to an aromatic ring is 1. The van der Waals surface area contributed by atoms with E-state index < -0.39 is 0 Å². The van der Waals surface area contributed by atoms with Gasteiger partial charge in [-0.3, -0.25) is 9.69 Å². The first-order chi connectivity index (χ1) is 8.56. The lowest BCUT2D eigenvalue weighted by molar-refractivity contribution is 0.0877. The molecule has 1 aliphatic heterocycles. The fourth-order valence-electron chi connectivity index (χ4n) is 2.06. The number of halogens is 1. The van der Waals surface area contributed by atoms with Crippen molar-refractivity contribution in [1.82, 2.24) is 9.80 Å². The number of likely N-dealkylation sites (N-methyl/N-ethyl adjacent to an activating group) is 1. The van der Waals surface area contributed by atoms with E-state index in [1.807, 2.05) is 0 Å². The average molecular weight is 268 g/mol. The Hall–Kier alpha value is -1.10. The van der Waals surface area contributed by atoms with E-state index in [1.165, 1.54) is 0 Å². The maximum absolute atomic E-state index is 12.2. The number of ketones is 1. The molecule has 0 radical (unpaired) electrons. The number of nitrogens with two attached hydrogens (primary N) is 1. The standard InChI is InChI=1S/C13H18ClN3O/c1-16-4-6-17(7-5-16)9-13(18)11-8-10(14)2-3-12(11)15/h2-3,8H,4-7,9,15H2,1H3. The zero-order valence-corrected chi connectivity index (χ0v) is 11.3. The molecule has 0 atom stereocenters. The van der Waals surface area contributed by atoms with Crippen molar-refractivity contribution in [2.24, 2.45) is 0 Å². The molecule has 98 valence electrons. The number of hydrogen-bond donors (Lipinski definition) is 1. The van der Waals surface area contributed by atoms with E-state index >= 15 is 0 Å². The van der Waals surface area contributed by atoms with Gasteiger partial charge in [0.2, 0.25) is 0 Å². The van der Waals surface area contributed by atoms with Gasteiger partial charge in [0.05, 0.1) is 6.54 Å². The van der Waals surface area contributed by atoms with E-state index in [0.717, 1.165) is 26.2 Å². The van der Waals surface area contributed by atoms with E-state index in [2.05, 4.69) is 16.8 Å². The van der Waals surface area contributed by atoms with Gasteiger partial charge in [-0.15, -0.1) is 0 Å². The highest BCUT2D eigenvalue weighted by atomic mass is 35.5. The summed E-state index contributed by atoms with van der Waals surface area (Å²) >= 11 is 5.89. The van der Waals surface area contributed by atoms with Gasteiger partial charge in [0.1, 0.15) is 0 Å². The Balaban J connectivity index is 2.01. The third-order valence-electron chi connectivity index (χ3n) is 3.28. The molecule has 2 N–H and O–H groups in total. The maximum Gasteiger partial charge on any atom is 0.178 e. The summed E-state index contributed by atoms with van der Waals surface area (Å²) in [5.41, 5.74) is 6.84. The lowest BCUT2D eigenvalue weighted by atomic mass is 10.1. The largest absolute Gasteiger partial charge is 0.398 e. The summed E-state index contributed by atoms with van der Waals surface area (Å²) in [5, 5.41) is 0.547. The smallest absolute Gasteiger partial charge is 0.178 e. The van der Waals surface area contributed by atoms with Gasteiger partial charge in [0.15, 0.2) is 5.78 Å². The van der Waals surface area contributed by atoms with Crippen LogP contribution in [0.15, 0.2) is 18.2 Å². The minimum atomic E-state index is 0.0413. The van der Waals surface area contributed by atoms with Gasteiger partial charge in [0, 0.05) is 42.5 Å². The molecule has 18 heavy (non-hydrogen) atoms. The van der Waals surface area contributed by atoms with Crippen molar-refractivity contribution in [3.63, 3.8) is 0 Å². The van der Waals surface area contributed by atoms with Crippen LogP contribution >= 0.6 is 11.6 Å². The Morgan fingerprint density at radius 2 is 2.00 bits per heavy atom. The third-order valence-corrected chi connectivity index (χ3v) is 3.51. The van der Waals surface area contributed by atoms with E-state index in [1.54, 1.807) is 18.2 Å². The maximum atomic E-state index is 12.2. The number of carbonyl (C=O) groups is 1. The number of carbonyl (C=O) groups excluding carboxylic acids is 1. The molecule has 1 heterocycles. The van der Waals surface area contributed by atoms with Crippen LogP contribution in [0.2, 0.25) is 5.02 Å². The molecule has 1 aromatic carbocycles. The first kappa shape index (κ1) is 13.3. The molecule has 0 amide bonds. The second kappa shape index (κ2) is 5.69. The van der Waals surface area contributed by atoms with Crippen molar-refractivity contribution in [2.75, 3.05) is 45.5 Å². The Kier molecular flexibility index (Phi) is 4.22. The lowest BCUT2D eigenvalue weighted by Crippen LogP contribution is -2.46. The molecule has 4 nitrogen and oxygen atoms in total. The summed E-state index contributed by atoms with van der Waals surface area (Å²) < 4.78 is 0. The van der Waals surface area contributed by atoms with Crippen molar-refractivity contribution in [2.45, 2.75) is 0 Å². The SMILES string of the molecule is CN1CCN(CC(=O)c2cc(Cl)ccc2N)CC1. The molecule has 1 aromatic rings. The number of rotatable bonds is 3. The monoisotopic (exact) mass is 267 g/mol. The van der Waals surface area contributed by atoms with Crippen LogP contribution in [0.5, 0.6) is 0 Å². The van der Waals surface area contributed by atoms with Crippen molar-refractivity contribution in [3.8, 4) is 0 Å². The summed E-state index contributed by atoms with van der Waals surface area (Å²) in [6.07, 6.45) is 0. The Morgan fingerprint density at radius 3 is 2.67 bits per heavy atom. The second-order valence-corrected chi connectivity index (χ2v) is 5.17. The fraction of sp³-hybridized carbons (Fsp3) is 0.462. The number of benzene rings is 1. The highest BCUT2D eigenvalue weighted by Gasteiger charge is 2.18. The number of Topliss-reactive ketones (excluding diaryl/α,β-unsaturated/α-hetero) is 1. The zero-order valence-electron chi connectivity index (χ0n) is 10.5. The van der Waals surface area contributed by atoms with Gasteiger partial charge < -0.3 is 10.6 Å². The molecule has 0 saturated carbocycles. The van der Waals surface area contributed by atoms with E-state index in [-0.39, 0.29) is 5.78 Å². The van der Waals surface area contributed by atoms with Gasteiger partial charge in [-0.2, -0.15) is 0 Å². The van der Waals surface area contributed by atoms with Crippen LogP contribution in [-0.2, 0) is 0 Å². The summed E-state index contributed by atoms with van der Waals surface area (Å²) in [6, 6.07) is 5.03. The summed E-state index contributed by atoms with van der Waals surface area (Å²) in [6.45, 7) is 4.25.